The highest BCUT2D eigenvalue weighted by Crippen LogP contribution is 2.22. The normalized spacial score (nSPS) is 12.2. The number of nitrogens with two attached hydrogens (primary N) is 1. The number of para-hydroxylation sites is 1. The highest BCUT2D eigenvalue weighted by atomic mass is 35.5. The van der Waals surface area contributed by atoms with E-state index in [2.05, 4.69) is 4.74 Å². The van der Waals surface area contributed by atoms with Gasteiger partial charge in [0.25, 0.3) is 0 Å². The molecule has 1 heterocycles. The number of carbonyl (C=O) groups is 1. The Bertz CT molecular complexity index is 580. The topological polar surface area (TPSA) is 57.2 Å². The van der Waals surface area contributed by atoms with Crippen LogP contribution >= 0.6 is 11.6 Å². The van der Waals surface area contributed by atoms with Crippen LogP contribution in [0.25, 0.3) is 5.69 Å². The molecule has 100 valence electrons. The van der Waals surface area contributed by atoms with E-state index in [9.17, 15) is 4.79 Å². The molecule has 0 saturated carbocycles. The van der Waals surface area contributed by atoms with E-state index in [1.54, 1.807) is 0 Å². The average Bonchev–Trinajstić information content (AvgIpc) is 2.86. The van der Waals surface area contributed by atoms with Crippen molar-refractivity contribution in [3.63, 3.8) is 0 Å². The van der Waals surface area contributed by atoms with E-state index in [1.807, 2.05) is 47.2 Å². The summed E-state index contributed by atoms with van der Waals surface area (Å²) in [5.41, 5.74) is 7.55. The Labute approximate surface area is 116 Å². The number of hydrogen-bond donors (Lipinski definition) is 1. The fraction of sp³-hybridized carbons (Fsp3) is 0.214. The zero-order chi connectivity index (χ0) is 13.8. The van der Waals surface area contributed by atoms with Crippen molar-refractivity contribution in [2.24, 2.45) is 5.73 Å². The molecule has 2 rings (SSSR count). The van der Waals surface area contributed by atoms with Gasteiger partial charge in [-0.2, -0.15) is 0 Å². The van der Waals surface area contributed by atoms with Gasteiger partial charge in [-0.15, -0.1) is 0 Å². The fourth-order valence-corrected chi connectivity index (χ4v) is 2.15. The summed E-state index contributed by atoms with van der Waals surface area (Å²) in [7, 11) is 1.33. The molecule has 1 unspecified atom stereocenters. The minimum Gasteiger partial charge on any atom is -0.468 e. The van der Waals surface area contributed by atoms with Gasteiger partial charge in [0.2, 0.25) is 0 Å². The van der Waals surface area contributed by atoms with Crippen LogP contribution in [-0.4, -0.2) is 23.7 Å². The summed E-state index contributed by atoms with van der Waals surface area (Å²) < 4.78 is 6.55. The smallest absolute Gasteiger partial charge is 0.323 e. The number of esters is 1. The Kier molecular flexibility index (Phi) is 4.24. The van der Waals surface area contributed by atoms with Gasteiger partial charge in [0, 0.05) is 18.3 Å². The zero-order valence-corrected chi connectivity index (χ0v) is 11.3. The second kappa shape index (κ2) is 5.91. The molecule has 0 aliphatic rings. The predicted molar refractivity (Wildman–Crippen MR) is 74.5 cm³/mol. The summed E-state index contributed by atoms with van der Waals surface area (Å²) in [6, 6.07) is 10.6. The van der Waals surface area contributed by atoms with Gasteiger partial charge in [0.05, 0.1) is 17.8 Å². The van der Waals surface area contributed by atoms with E-state index in [-0.39, 0.29) is 0 Å². The molecule has 1 aromatic heterocycles. The Morgan fingerprint density at radius 3 is 2.79 bits per heavy atom. The quantitative estimate of drug-likeness (QED) is 0.872. The van der Waals surface area contributed by atoms with Crippen LogP contribution in [0.15, 0.2) is 42.6 Å². The van der Waals surface area contributed by atoms with Crippen molar-refractivity contribution in [3.05, 3.63) is 53.3 Å². The number of benzene rings is 1. The Hall–Kier alpha value is -1.78. The summed E-state index contributed by atoms with van der Waals surface area (Å²) in [5.74, 6) is -0.424. The van der Waals surface area contributed by atoms with Gasteiger partial charge in [-0.1, -0.05) is 23.7 Å². The maximum Gasteiger partial charge on any atom is 0.323 e. The summed E-state index contributed by atoms with van der Waals surface area (Å²) >= 11 is 6.17. The highest BCUT2D eigenvalue weighted by molar-refractivity contribution is 6.32. The van der Waals surface area contributed by atoms with E-state index in [1.165, 1.54) is 7.11 Å². The molecule has 5 heteroatoms. The number of rotatable bonds is 4. The van der Waals surface area contributed by atoms with Crippen LogP contribution in [0.2, 0.25) is 5.02 Å². The monoisotopic (exact) mass is 278 g/mol. The van der Waals surface area contributed by atoms with Gasteiger partial charge in [-0.25, -0.2) is 0 Å². The standard InChI is InChI=1S/C14H15ClN2O2/c1-19-14(18)12(16)9-10-5-4-8-17(10)13-7-3-2-6-11(13)15/h2-8,12H,9,16H2,1H3. The maximum atomic E-state index is 11.4. The molecular formula is C14H15ClN2O2. The largest absolute Gasteiger partial charge is 0.468 e. The van der Waals surface area contributed by atoms with Crippen LogP contribution in [0.3, 0.4) is 0 Å². The van der Waals surface area contributed by atoms with Crippen molar-refractivity contribution in [2.75, 3.05) is 7.11 Å². The molecule has 0 spiro atoms. The van der Waals surface area contributed by atoms with E-state index in [0.29, 0.717) is 11.4 Å². The molecule has 0 bridgehead atoms. The molecule has 0 amide bonds. The zero-order valence-electron chi connectivity index (χ0n) is 10.5. The average molecular weight is 279 g/mol. The molecule has 0 fully saturated rings. The SMILES string of the molecule is COC(=O)C(N)Cc1cccn1-c1ccccc1Cl. The van der Waals surface area contributed by atoms with E-state index >= 15 is 0 Å². The molecular weight excluding hydrogens is 264 g/mol. The van der Waals surface area contributed by atoms with Crippen molar-refractivity contribution in [3.8, 4) is 5.69 Å². The van der Waals surface area contributed by atoms with Crippen molar-refractivity contribution >= 4 is 17.6 Å². The summed E-state index contributed by atoms with van der Waals surface area (Å²) in [5, 5.41) is 0.645. The van der Waals surface area contributed by atoms with Gasteiger partial charge in [0.1, 0.15) is 6.04 Å². The lowest BCUT2D eigenvalue weighted by Gasteiger charge is -2.13. The van der Waals surface area contributed by atoms with E-state index in [4.69, 9.17) is 17.3 Å². The molecule has 2 N–H and O–H groups in total. The minimum absolute atomic E-state index is 0.394. The number of hydrogen-bond acceptors (Lipinski definition) is 3. The number of carbonyl (C=O) groups excluding carboxylic acids is 1. The molecule has 2 aromatic rings. The molecule has 0 radical (unpaired) electrons. The number of ether oxygens (including phenoxy) is 1. The van der Waals surface area contributed by atoms with Crippen LogP contribution < -0.4 is 5.73 Å². The fourth-order valence-electron chi connectivity index (χ4n) is 1.92. The lowest BCUT2D eigenvalue weighted by molar-refractivity contribution is -0.142. The van der Waals surface area contributed by atoms with Crippen molar-refractivity contribution in [1.82, 2.24) is 4.57 Å². The number of nitrogens with zero attached hydrogens (tertiary/aromatic N) is 1. The first-order valence-electron chi connectivity index (χ1n) is 5.88. The van der Waals surface area contributed by atoms with Gasteiger partial charge >= 0.3 is 5.97 Å². The Morgan fingerprint density at radius 1 is 1.37 bits per heavy atom. The minimum atomic E-state index is -0.680. The van der Waals surface area contributed by atoms with Crippen molar-refractivity contribution < 1.29 is 9.53 Å². The third-order valence-electron chi connectivity index (χ3n) is 2.88. The van der Waals surface area contributed by atoms with Gasteiger partial charge < -0.3 is 15.0 Å². The summed E-state index contributed by atoms with van der Waals surface area (Å²) in [4.78, 5) is 11.4. The summed E-state index contributed by atoms with van der Waals surface area (Å²) in [6.07, 6.45) is 2.28. The third kappa shape index (κ3) is 2.97. The molecule has 4 nitrogen and oxygen atoms in total. The van der Waals surface area contributed by atoms with Crippen LogP contribution in [0.1, 0.15) is 5.69 Å². The second-order valence-corrected chi connectivity index (χ2v) is 4.56. The molecule has 1 aromatic carbocycles. The molecule has 0 aliphatic carbocycles. The van der Waals surface area contributed by atoms with Crippen LogP contribution in [0.4, 0.5) is 0 Å². The van der Waals surface area contributed by atoms with Crippen LogP contribution in [0, 0.1) is 0 Å². The van der Waals surface area contributed by atoms with Gasteiger partial charge in [-0.05, 0) is 24.3 Å². The van der Waals surface area contributed by atoms with Gasteiger partial charge in [0.15, 0.2) is 0 Å². The van der Waals surface area contributed by atoms with E-state index < -0.39 is 12.0 Å². The van der Waals surface area contributed by atoms with Crippen molar-refractivity contribution in [2.45, 2.75) is 12.5 Å². The second-order valence-electron chi connectivity index (χ2n) is 4.15. The van der Waals surface area contributed by atoms with Gasteiger partial charge in [-0.3, -0.25) is 4.79 Å². The first-order chi connectivity index (χ1) is 9.13. The first-order valence-corrected chi connectivity index (χ1v) is 6.26. The van der Waals surface area contributed by atoms with Crippen LogP contribution in [0.5, 0.6) is 0 Å². The van der Waals surface area contributed by atoms with E-state index in [0.717, 1.165) is 11.4 Å². The first kappa shape index (κ1) is 13.6. The Morgan fingerprint density at radius 2 is 2.11 bits per heavy atom. The predicted octanol–water partition coefficient (Wildman–Crippen LogP) is 2.17. The number of aromatic nitrogens is 1. The lowest BCUT2D eigenvalue weighted by atomic mass is 10.1. The number of methoxy groups -OCH3 is 1. The highest BCUT2D eigenvalue weighted by Gasteiger charge is 2.17. The third-order valence-corrected chi connectivity index (χ3v) is 3.20. The summed E-state index contributed by atoms with van der Waals surface area (Å²) in [6.45, 7) is 0. The number of halogens is 1. The maximum absolute atomic E-state index is 11.4. The molecule has 19 heavy (non-hydrogen) atoms. The lowest BCUT2D eigenvalue weighted by Crippen LogP contribution is -2.34. The van der Waals surface area contributed by atoms with Crippen molar-refractivity contribution in [1.29, 1.82) is 0 Å². The Balaban J connectivity index is 2.28. The molecule has 0 saturated heterocycles. The molecule has 1 atom stereocenters. The molecule has 0 aliphatic heterocycles. The van der Waals surface area contributed by atoms with Crippen LogP contribution in [-0.2, 0) is 16.0 Å².